The fourth-order valence-electron chi connectivity index (χ4n) is 7.47. The molecule has 0 saturated carbocycles. The Morgan fingerprint density at radius 3 is 1.79 bits per heavy atom. The van der Waals surface area contributed by atoms with Gasteiger partial charge in [0.2, 0.25) is 0 Å². The van der Waals surface area contributed by atoms with Crippen LogP contribution >= 0.6 is 0 Å². The van der Waals surface area contributed by atoms with Gasteiger partial charge in [0.15, 0.2) is 0 Å². The third kappa shape index (κ3) is 5.19. The van der Waals surface area contributed by atoms with Crippen molar-refractivity contribution in [2.24, 2.45) is 4.99 Å². The molecule has 0 aliphatic heterocycles. The molecule has 1 atom stereocenters. The molecule has 0 N–H and O–H groups in total. The van der Waals surface area contributed by atoms with Gasteiger partial charge >= 0.3 is 0 Å². The molecule has 0 aliphatic carbocycles. The molecule has 0 saturated heterocycles. The van der Waals surface area contributed by atoms with Gasteiger partial charge in [0.1, 0.15) is 0 Å². The van der Waals surface area contributed by atoms with Gasteiger partial charge in [0, 0.05) is 5.71 Å². The van der Waals surface area contributed by atoms with Crippen LogP contribution in [0.5, 0.6) is 0 Å². The summed E-state index contributed by atoms with van der Waals surface area (Å²) in [7, 11) is 0. The molecule has 8 rings (SSSR count). The molecule has 1 nitrogen and oxygen atoms in total. The molecular formula is C46H37N. The van der Waals surface area contributed by atoms with E-state index in [1.807, 2.05) is 0 Å². The summed E-state index contributed by atoms with van der Waals surface area (Å²) in [5, 5.41) is 10.2. The lowest BCUT2D eigenvalue weighted by molar-refractivity contribution is 0.645. The number of fused-ring (bicyclic) bond motifs is 4. The second-order valence-corrected chi connectivity index (χ2v) is 12.5. The molecule has 0 aliphatic rings. The third-order valence-electron chi connectivity index (χ3n) is 9.66. The fraction of sp³-hybridized carbons (Fsp3) is 0.109. The zero-order chi connectivity index (χ0) is 31.7. The van der Waals surface area contributed by atoms with E-state index in [4.69, 9.17) is 4.99 Å². The summed E-state index contributed by atoms with van der Waals surface area (Å²) in [6, 6.07) is 57.7. The molecule has 47 heavy (non-hydrogen) atoms. The van der Waals surface area contributed by atoms with Gasteiger partial charge in [-0.25, -0.2) is 0 Å². The van der Waals surface area contributed by atoms with Gasteiger partial charge in [-0.3, -0.25) is 4.99 Å². The average Bonchev–Trinajstić information content (AvgIpc) is 3.13. The first-order valence-corrected chi connectivity index (χ1v) is 16.8. The van der Waals surface area contributed by atoms with E-state index in [0.29, 0.717) is 0 Å². The maximum atomic E-state index is 5.34. The van der Waals surface area contributed by atoms with Crippen molar-refractivity contribution in [1.29, 1.82) is 0 Å². The maximum absolute atomic E-state index is 5.34. The molecule has 0 fully saturated rings. The Kier molecular flexibility index (Phi) is 7.59. The van der Waals surface area contributed by atoms with Crippen LogP contribution < -0.4 is 0 Å². The Labute approximate surface area is 276 Å². The second-order valence-electron chi connectivity index (χ2n) is 12.5. The largest absolute Gasteiger partial charge is 0.281 e. The van der Waals surface area contributed by atoms with E-state index in [9.17, 15) is 0 Å². The minimum Gasteiger partial charge on any atom is -0.281 e. The van der Waals surface area contributed by atoms with E-state index >= 15 is 0 Å². The van der Waals surface area contributed by atoms with Crippen LogP contribution in [-0.2, 0) is 0 Å². The first-order valence-electron chi connectivity index (χ1n) is 16.8. The first-order chi connectivity index (χ1) is 23.2. The number of nitrogens with zero attached hydrogens (tertiary/aromatic N) is 1. The quantitative estimate of drug-likeness (QED) is 0.127. The van der Waals surface area contributed by atoms with Crippen LogP contribution in [0.15, 0.2) is 163 Å². The normalized spacial score (nSPS) is 12.7. The number of aliphatic imine (C=N–C) groups is 1. The van der Waals surface area contributed by atoms with Gasteiger partial charge in [-0.15, -0.1) is 0 Å². The van der Waals surface area contributed by atoms with E-state index < -0.39 is 0 Å². The molecule has 0 heterocycles. The number of hydrogen-bond acceptors (Lipinski definition) is 1. The van der Waals surface area contributed by atoms with Crippen molar-refractivity contribution < 1.29 is 0 Å². The Bertz CT molecular complexity index is 2380. The predicted molar refractivity (Wildman–Crippen MR) is 204 cm³/mol. The van der Waals surface area contributed by atoms with E-state index in [1.165, 1.54) is 76.5 Å². The van der Waals surface area contributed by atoms with Crippen molar-refractivity contribution in [3.63, 3.8) is 0 Å². The summed E-state index contributed by atoms with van der Waals surface area (Å²) in [6.45, 7) is 4.40. The fourth-order valence-corrected chi connectivity index (χ4v) is 7.47. The minimum atomic E-state index is 0.0860. The molecule has 0 aromatic heterocycles. The highest BCUT2D eigenvalue weighted by atomic mass is 14.8. The van der Waals surface area contributed by atoms with Crippen LogP contribution in [0, 0.1) is 0 Å². The summed E-state index contributed by atoms with van der Waals surface area (Å²) >= 11 is 0. The number of rotatable bonds is 7. The van der Waals surface area contributed by atoms with E-state index in [-0.39, 0.29) is 6.04 Å². The van der Waals surface area contributed by atoms with Gasteiger partial charge in [-0.2, -0.15) is 0 Å². The summed E-state index contributed by atoms with van der Waals surface area (Å²) in [4.78, 5) is 5.34. The average molecular weight is 604 g/mol. The van der Waals surface area contributed by atoms with E-state index in [2.05, 4.69) is 172 Å². The lowest BCUT2D eigenvalue weighted by Gasteiger charge is -2.21. The number of benzene rings is 8. The molecule has 8 aromatic carbocycles. The second kappa shape index (κ2) is 12.3. The zero-order valence-electron chi connectivity index (χ0n) is 26.9. The molecule has 0 amide bonds. The van der Waals surface area contributed by atoms with Gasteiger partial charge < -0.3 is 0 Å². The van der Waals surface area contributed by atoms with Crippen LogP contribution in [0.4, 0.5) is 0 Å². The van der Waals surface area contributed by atoms with Crippen LogP contribution in [0.1, 0.15) is 43.9 Å². The van der Waals surface area contributed by atoms with Crippen LogP contribution in [0.25, 0.3) is 65.3 Å². The van der Waals surface area contributed by atoms with E-state index in [0.717, 1.165) is 18.6 Å². The van der Waals surface area contributed by atoms with Crippen LogP contribution in [0.3, 0.4) is 0 Å². The Morgan fingerprint density at radius 1 is 0.511 bits per heavy atom. The third-order valence-corrected chi connectivity index (χ3v) is 9.66. The zero-order valence-corrected chi connectivity index (χ0v) is 26.9. The van der Waals surface area contributed by atoms with E-state index in [1.54, 1.807) is 0 Å². The Morgan fingerprint density at radius 2 is 1.09 bits per heavy atom. The minimum absolute atomic E-state index is 0.0860. The smallest absolute Gasteiger partial charge is 0.0758 e. The van der Waals surface area contributed by atoms with Crippen molar-refractivity contribution in [2.75, 3.05) is 0 Å². The lowest BCUT2D eigenvalue weighted by atomic mass is 9.83. The Hall–Kier alpha value is -5.53. The van der Waals surface area contributed by atoms with Crippen molar-refractivity contribution in [3.8, 4) is 22.3 Å². The molecular weight excluding hydrogens is 567 g/mol. The van der Waals surface area contributed by atoms with Crippen molar-refractivity contribution in [2.45, 2.75) is 32.7 Å². The molecule has 1 heteroatoms. The summed E-state index contributed by atoms with van der Waals surface area (Å²) in [5.74, 6) is 0. The number of hydrogen-bond donors (Lipinski definition) is 0. The van der Waals surface area contributed by atoms with Crippen LogP contribution in [-0.4, -0.2) is 5.71 Å². The highest BCUT2D eigenvalue weighted by molar-refractivity contribution is 6.23. The van der Waals surface area contributed by atoms with Crippen LogP contribution in [0.2, 0.25) is 0 Å². The highest BCUT2D eigenvalue weighted by Gasteiger charge is 2.20. The van der Waals surface area contributed by atoms with Gasteiger partial charge in [-0.05, 0) is 95.9 Å². The highest BCUT2D eigenvalue weighted by Crippen LogP contribution is 2.46. The monoisotopic (exact) mass is 603 g/mol. The van der Waals surface area contributed by atoms with Crippen molar-refractivity contribution in [3.05, 3.63) is 169 Å². The molecule has 1 unspecified atom stereocenters. The van der Waals surface area contributed by atoms with Gasteiger partial charge in [-0.1, -0.05) is 165 Å². The molecule has 8 aromatic rings. The summed E-state index contributed by atoms with van der Waals surface area (Å²) in [6.07, 6.45) is 2.07. The summed E-state index contributed by atoms with van der Waals surface area (Å²) in [5.41, 5.74) is 8.65. The van der Waals surface area contributed by atoms with Crippen molar-refractivity contribution in [1.82, 2.24) is 0 Å². The van der Waals surface area contributed by atoms with Gasteiger partial charge in [0.05, 0.1) is 6.04 Å². The SMILES string of the molecule is CCCC(/N=C(\C)c1ccccc1)c1cccc2c(-c3c4ccccc4c(-c4ccc5ccccc5c4)c4ccccc34)cccc12. The first kappa shape index (κ1) is 28.9. The maximum Gasteiger partial charge on any atom is 0.0758 e. The standard InChI is InChI=1S/C46H37N/c1-3-15-44(47-31(2)32-16-5-4-6-17-32)38-26-13-25-37-36(38)24-14-27-39(37)46-42-22-11-9-20-40(42)45(41-21-10-12-23-43(41)46)35-29-28-33-18-7-8-19-34(33)30-35/h4-14,16-30,44H,3,15H2,1-2H3/b47-31+. The predicted octanol–water partition coefficient (Wildman–Crippen LogP) is 13.0. The molecule has 0 bridgehead atoms. The molecule has 0 spiro atoms. The molecule has 0 radical (unpaired) electrons. The molecule has 226 valence electrons. The summed E-state index contributed by atoms with van der Waals surface area (Å²) < 4.78 is 0. The van der Waals surface area contributed by atoms with Crippen molar-refractivity contribution >= 4 is 48.8 Å². The van der Waals surface area contributed by atoms with Gasteiger partial charge in [0.25, 0.3) is 0 Å². The topological polar surface area (TPSA) is 12.4 Å². The Balaban J connectivity index is 1.37. The lowest BCUT2D eigenvalue weighted by Crippen LogP contribution is -2.03.